The van der Waals surface area contributed by atoms with Crippen molar-refractivity contribution in [2.24, 2.45) is 0 Å². The monoisotopic (exact) mass is 478 g/mol. The average Bonchev–Trinajstić information content (AvgIpc) is 2.73. The Morgan fingerprint density at radius 3 is 2.53 bits per heavy atom. The van der Waals surface area contributed by atoms with Gasteiger partial charge >= 0.3 is 11.8 Å². The number of benzene rings is 2. The molecule has 0 fully saturated rings. The van der Waals surface area contributed by atoms with Gasteiger partial charge in [-0.1, -0.05) is 35.9 Å². The summed E-state index contributed by atoms with van der Waals surface area (Å²) in [5.74, 6) is -1.62. The third kappa shape index (κ3) is 5.59. The number of likely N-dealkylation sites (N-methyl/N-ethyl adjacent to an activating group) is 1. The van der Waals surface area contributed by atoms with E-state index in [0.717, 1.165) is 30.2 Å². The SMILES string of the molecule is CN(C)C(CNC(=O)C(=O)Nc1ccc2c(c1)N(S(C)(=O)=O)CCC2)c1ccccc1Cl. The topological polar surface area (TPSA) is 98.8 Å². The van der Waals surface area contributed by atoms with E-state index in [1.54, 1.807) is 24.3 Å². The molecule has 2 amide bonds. The van der Waals surface area contributed by atoms with E-state index in [9.17, 15) is 18.0 Å². The number of hydrogen-bond acceptors (Lipinski definition) is 5. The van der Waals surface area contributed by atoms with Gasteiger partial charge in [0.05, 0.1) is 18.0 Å². The summed E-state index contributed by atoms with van der Waals surface area (Å²) in [4.78, 5) is 26.8. The number of aryl methyl sites for hydroxylation is 1. The van der Waals surface area contributed by atoms with Crippen LogP contribution < -0.4 is 14.9 Å². The van der Waals surface area contributed by atoms with Crippen LogP contribution in [-0.2, 0) is 26.0 Å². The van der Waals surface area contributed by atoms with Gasteiger partial charge in [-0.15, -0.1) is 0 Å². The van der Waals surface area contributed by atoms with E-state index < -0.39 is 21.8 Å². The Balaban J connectivity index is 1.68. The number of nitrogens with zero attached hydrogens (tertiary/aromatic N) is 2. The quantitative estimate of drug-likeness (QED) is 0.621. The number of amides is 2. The summed E-state index contributed by atoms with van der Waals surface area (Å²) in [5.41, 5.74) is 2.62. The summed E-state index contributed by atoms with van der Waals surface area (Å²) in [6.07, 6.45) is 2.64. The molecule has 0 spiro atoms. The molecule has 2 aromatic rings. The van der Waals surface area contributed by atoms with Crippen molar-refractivity contribution in [3.8, 4) is 0 Å². The number of sulfonamides is 1. The van der Waals surface area contributed by atoms with Crippen molar-refractivity contribution in [3.63, 3.8) is 0 Å². The molecule has 1 aliphatic heterocycles. The van der Waals surface area contributed by atoms with Crippen molar-refractivity contribution >= 4 is 44.8 Å². The molecule has 1 atom stereocenters. The largest absolute Gasteiger partial charge is 0.346 e. The lowest BCUT2D eigenvalue weighted by Gasteiger charge is -2.29. The second kappa shape index (κ2) is 9.89. The minimum atomic E-state index is -3.43. The summed E-state index contributed by atoms with van der Waals surface area (Å²) in [6.45, 7) is 0.576. The van der Waals surface area contributed by atoms with Gasteiger partial charge in [0.25, 0.3) is 0 Å². The van der Waals surface area contributed by atoms with Crippen LogP contribution in [0.15, 0.2) is 42.5 Å². The Morgan fingerprint density at radius 2 is 1.88 bits per heavy atom. The number of carbonyl (C=O) groups is 2. The predicted octanol–water partition coefficient (Wildman–Crippen LogP) is 2.41. The van der Waals surface area contributed by atoms with Crippen molar-refractivity contribution in [1.82, 2.24) is 10.2 Å². The Kier molecular flexibility index (Phi) is 7.43. The molecule has 0 saturated heterocycles. The minimum Gasteiger partial charge on any atom is -0.346 e. The fourth-order valence-corrected chi connectivity index (χ4v) is 4.99. The van der Waals surface area contributed by atoms with Gasteiger partial charge in [0.1, 0.15) is 0 Å². The molecular formula is C22H27ClN4O4S. The molecule has 0 aliphatic carbocycles. The lowest BCUT2D eigenvalue weighted by atomic mass is 10.0. The van der Waals surface area contributed by atoms with E-state index in [1.165, 1.54) is 4.31 Å². The van der Waals surface area contributed by atoms with Crippen molar-refractivity contribution in [1.29, 1.82) is 0 Å². The highest BCUT2D eigenvalue weighted by Crippen LogP contribution is 2.31. The lowest BCUT2D eigenvalue weighted by molar-refractivity contribution is -0.136. The molecule has 2 aromatic carbocycles. The maximum atomic E-state index is 12.5. The van der Waals surface area contributed by atoms with Gasteiger partial charge in [-0.05, 0) is 56.3 Å². The Bertz CT molecular complexity index is 1120. The van der Waals surface area contributed by atoms with E-state index in [-0.39, 0.29) is 12.6 Å². The second-order valence-corrected chi connectivity index (χ2v) is 10.3. The third-order valence-electron chi connectivity index (χ3n) is 5.37. The van der Waals surface area contributed by atoms with Crippen LogP contribution >= 0.6 is 11.6 Å². The number of fused-ring (bicyclic) bond motifs is 1. The molecule has 0 aromatic heterocycles. The zero-order valence-corrected chi connectivity index (χ0v) is 19.8. The maximum Gasteiger partial charge on any atom is 0.313 e. The van der Waals surface area contributed by atoms with E-state index in [2.05, 4.69) is 10.6 Å². The smallest absolute Gasteiger partial charge is 0.313 e. The molecule has 1 aliphatic rings. The zero-order valence-electron chi connectivity index (χ0n) is 18.3. The number of halogens is 1. The normalized spacial score (nSPS) is 14.6. The van der Waals surface area contributed by atoms with Gasteiger partial charge in [0, 0.05) is 23.8 Å². The molecule has 8 nitrogen and oxygen atoms in total. The van der Waals surface area contributed by atoms with E-state index in [4.69, 9.17) is 11.6 Å². The summed E-state index contributed by atoms with van der Waals surface area (Å²) < 4.78 is 25.5. The van der Waals surface area contributed by atoms with E-state index >= 15 is 0 Å². The van der Waals surface area contributed by atoms with Gasteiger partial charge in [0.15, 0.2) is 0 Å². The fourth-order valence-electron chi connectivity index (χ4n) is 3.74. The van der Waals surface area contributed by atoms with Gasteiger partial charge in [0.2, 0.25) is 10.0 Å². The minimum absolute atomic E-state index is 0.190. The van der Waals surface area contributed by atoms with Gasteiger partial charge in [-0.3, -0.25) is 13.9 Å². The Hall–Kier alpha value is -2.62. The number of rotatable bonds is 6. The first-order valence-corrected chi connectivity index (χ1v) is 12.4. The van der Waals surface area contributed by atoms with Crippen LogP contribution in [0.3, 0.4) is 0 Å². The van der Waals surface area contributed by atoms with Gasteiger partial charge in [-0.25, -0.2) is 8.42 Å². The third-order valence-corrected chi connectivity index (χ3v) is 6.89. The molecule has 2 N–H and O–H groups in total. The van der Waals surface area contributed by atoms with Crippen LogP contribution in [0.1, 0.15) is 23.6 Å². The van der Waals surface area contributed by atoms with Crippen LogP contribution in [-0.4, -0.2) is 58.6 Å². The van der Waals surface area contributed by atoms with Crippen molar-refractivity contribution < 1.29 is 18.0 Å². The molecule has 10 heteroatoms. The molecule has 0 bridgehead atoms. The predicted molar refractivity (Wildman–Crippen MR) is 126 cm³/mol. The van der Waals surface area contributed by atoms with Gasteiger partial charge in [-0.2, -0.15) is 0 Å². The molecule has 1 heterocycles. The summed E-state index contributed by atoms with van der Waals surface area (Å²) in [6, 6.07) is 12.2. The molecule has 0 saturated carbocycles. The number of nitrogens with one attached hydrogen (secondary N) is 2. The van der Waals surface area contributed by atoms with Crippen LogP contribution in [0.5, 0.6) is 0 Å². The number of anilines is 2. The zero-order chi connectivity index (χ0) is 23.5. The summed E-state index contributed by atoms with van der Waals surface area (Å²) >= 11 is 6.28. The van der Waals surface area contributed by atoms with Crippen LogP contribution in [0, 0.1) is 0 Å². The molecule has 3 rings (SSSR count). The number of carbonyl (C=O) groups excluding carboxylic acids is 2. The fraction of sp³-hybridized carbons (Fsp3) is 0.364. The number of hydrogen-bond donors (Lipinski definition) is 2. The molecule has 1 unspecified atom stereocenters. The molecule has 0 radical (unpaired) electrons. The average molecular weight is 479 g/mol. The van der Waals surface area contributed by atoms with E-state index in [1.807, 2.05) is 37.2 Å². The summed E-state index contributed by atoms with van der Waals surface area (Å²) in [5, 5.41) is 5.78. The lowest BCUT2D eigenvalue weighted by Crippen LogP contribution is -2.40. The van der Waals surface area contributed by atoms with Crippen LogP contribution in [0.25, 0.3) is 0 Å². The molecule has 172 valence electrons. The first-order valence-electron chi connectivity index (χ1n) is 10.2. The highest BCUT2D eigenvalue weighted by molar-refractivity contribution is 7.92. The van der Waals surface area contributed by atoms with Crippen molar-refractivity contribution in [2.45, 2.75) is 18.9 Å². The standard InChI is InChI=1S/C22H27ClN4O4S/c1-26(2)20(17-8-4-5-9-18(17)23)14-24-21(28)22(29)25-16-11-10-15-7-6-12-27(19(15)13-16)32(3,30)31/h4-5,8-11,13,20H,6-7,12,14H2,1-3H3,(H,24,28)(H,25,29). The first kappa shape index (κ1) is 24.0. The van der Waals surface area contributed by atoms with Gasteiger partial charge < -0.3 is 15.5 Å². The van der Waals surface area contributed by atoms with E-state index in [0.29, 0.717) is 22.9 Å². The van der Waals surface area contributed by atoms with Crippen molar-refractivity contribution in [2.75, 3.05) is 43.1 Å². The highest BCUT2D eigenvalue weighted by atomic mass is 35.5. The van der Waals surface area contributed by atoms with Crippen LogP contribution in [0.4, 0.5) is 11.4 Å². The Morgan fingerprint density at radius 1 is 1.16 bits per heavy atom. The first-order chi connectivity index (χ1) is 15.1. The maximum absolute atomic E-state index is 12.5. The van der Waals surface area contributed by atoms with Crippen LogP contribution in [0.2, 0.25) is 5.02 Å². The second-order valence-electron chi connectivity index (χ2n) is 7.95. The highest BCUT2D eigenvalue weighted by Gasteiger charge is 2.25. The summed E-state index contributed by atoms with van der Waals surface area (Å²) in [7, 11) is 0.293. The van der Waals surface area contributed by atoms with Crippen molar-refractivity contribution in [3.05, 3.63) is 58.6 Å². The Labute approximate surface area is 193 Å². The molecular weight excluding hydrogens is 452 g/mol. The molecule has 32 heavy (non-hydrogen) atoms.